The number of nitrogens with zero attached hydrogens (tertiary/aromatic N) is 2. The van der Waals surface area contributed by atoms with Gasteiger partial charge in [-0.15, -0.1) is 0 Å². The van der Waals surface area contributed by atoms with E-state index in [0.29, 0.717) is 23.8 Å². The zero-order valence-electron chi connectivity index (χ0n) is 16.6. The van der Waals surface area contributed by atoms with Gasteiger partial charge in [-0.3, -0.25) is 4.79 Å². The number of rotatable bonds is 7. The molecule has 1 fully saturated rings. The van der Waals surface area contributed by atoms with Crippen molar-refractivity contribution in [2.75, 3.05) is 17.7 Å². The lowest BCUT2D eigenvalue weighted by atomic mass is 10.2. The number of halogens is 1. The summed E-state index contributed by atoms with van der Waals surface area (Å²) in [5.74, 6) is 1.86. The minimum Gasteiger partial charge on any atom is -0.491 e. The van der Waals surface area contributed by atoms with E-state index in [4.69, 9.17) is 15.2 Å². The van der Waals surface area contributed by atoms with E-state index in [1.54, 1.807) is 19.2 Å². The standard InChI is InChI=1S/C22H23BrN4O3/c1-3-25-22-17(13(2)28)8-9-27(22)20-7-6-16(30-20)12-29-15-5-4-14-10-18(23)21(24)26-19(14)11-15/h3-5,8-11,16,20,25H,1,6-7,12H2,2H3,(H2,24,26). The molecular formula is C22H23BrN4O3. The molecule has 7 nitrogen and oxygen atoms in total. The number of hydrogen-bond donors (Lipinski definition) is 2. The van der Waals surface area contributed by atoms with Crippen LogP contribution in [0.5, 0.6) is 5.75 Å². The topological polar surface area (TPSA) is 91.4 Å². The molecule has 1 saturated heterocycles. The highest BCUT2D eigenvalue weighted by atomic mass is 79.9. The third kappa shape index (κ3) is 4.06. The molecule has 2 unspecified atom stereocenters. The number of Topliss-reactive ketones (excluding diaryl/α,β-unsaturated/α-hetero) is 1. The number of carbonyl (C=O) groups is 1. The summed E-state index contributed by atoms with van der Waals surface area (Å²) in [5.41, 5.74) is 7.28. The van der Waals surface area contributed by atoms with E-state index < -0.39 is 0 Å². The fraction of sp³-hybridized carbons (Fsp3) is 0.273. The molecule has 1 aromatic carbocycles. The van der Waals surface area contributed by atoms with Crippen molar-refractivity contribution in [2.45, 2.75) is 32.1 Å². The number of anilines is 2. The molecule has 0 aliphatic carbocycles. The third-order valence-electron chi connectivity index (χ3n) is 5.13. The molecule has 1 aliphatic heterocycles. The van der Waals surface area contributed by atoms with Crippen molar-refractivity contribution in [3.8, 4) is 5.75 Å². The van der Waals surface area contributed by atoms with E-state index >= 15 is 0 Å². The zero-order chi connectivity index (χ0) is 21.3. The van der Waals surface area contributed by atoms with Crippen LogP contribution in [-0.2, 0) is 4.74 Å². The van der Waals surface area contributed by atoms with Crippen molar-refractivity contribution < 1.29 is 14.3 Å². The van der Waals surface area contributed by atoms with Crippen molar-refractivity contribution in [3.63, 3.8) is 0 Å². The fourth-order valence-corrected chi connectivity index (χ4v) is 3.98. The minimum atomic E-state index is -0.162. The summed E-state index contributed by atoms with van der Waals surface area (Å²) >= 11 is 3.39. The Hall–Kier alpha value is -2.84. The average molecular weight is 471 g/mol. The highest BCUT2D eigenvalue weighted by Gasteiger charge is 2.29. The second kappa shape index (κ2) is 8.49. The van der Waals surface area contributed by atoms with Gasteiger partial charge in [0, 0.05) is 17.6 Å². The van der Waals surface area contributed by atoms with Gasteiger partial charge in [0.15, 0.2) is 5.78 Å². The number of hydrogen-bond acceptors (Lipinski definition) is 6. The Bertz CT molecular complexity index is 1110. The summed E-state index contributed by atoms with van der Waals surface area (Å²) in [4.78, 5) is 16.2. The number of nitrogens with two attached hydrogens (primary N) is 1. The van der Waals surface area contributed by atoms with Crippen LogP contribution in [0, 0.1) is 0 Å². The predicted molar refractivity (Wildman–Crippen MR) is 121 cm³/mol. The van der Waals surface area contributed by atoms with Crippen LogP contribution in [0.3, 0.4) is 0 Å². The number of carbonyl (C=O) groups excluding carboxylic acids is 1. The van der Waals surface area contributed by atoms with Crippen molar-refractivity contribution in [1.29, 1.82) is 0 Å². The monoisotopic (exact) mass is 470 g/mol. The molecule has 1 aliphatic rings. The molecule has 4 rings (SSSR count). The predicted octanol–water partition coefficient (Wildman–Crippen LogP) is 4.90. The van der Waals surface area contributed by atoms with Crippen molar-refractivity contribution in [1.82, 2.24) is 9.55 Å². The average Bonchev–Trinajstić information content (AvgIpc) is 3.34. The lowest BCUT2D eigenvalue weighted by molar-refractivity contribution is -0.0163. The van der Waals surface area contributed by atoms with E-state index in [1.807, 2.05) is 35.0 Å². The molecule has 156 valence electrons. The lowest BCUT2D eigenvalue weighted by Gasteiger charge is -2.19. The second-order valence-electron chi connectivity index (χ2n) is 7.20. The molecule has 3 N–H and O–H groups in total. The highest BCUT2D eigenvalue weighted by Crippen LogP contribution is 2.34. The number of ether oxygens (including phenoxy) is 2. The maximum absolute atomic E-state index is 11.9. The van der Waals surface area contributed by atoms with Crippen LogP contribution in [0.25, 0.3) is 10.9 Å². The number of pyridine rings is 1. The van der Waals surface area contributed by atoms with Gasteiger partial charge in [-0.25, -0.2) is 4.98 Å². The molecule has 0 radical (unpaired) electrons. The quantitative estimate of drug-likeness (QED) is 0.477. The highest BCUT2D eigenvalue weighted by molar-refractivity contribution is 9.10. The SMILES string of the molecule is C=CNc1c(C(C)=O)ccn1C1CCC(COc2ccc3cc(Br)c(N)nc3c2)O1. The number of nitrogens with one attached hydrogen (secondary N) is 1. The summed E-state index contributed by atoms with van der Waals surface area (Å²) in [6, 6.07) is 9.48. The maximum atomic E-state index is 11.9. The molecule has 0 spiro atoms. The first kappa shape index (κ1) is 20.4. The molecule has 2 atom stereocenters. The Labute approximate surface area is 183 Å². The molecule has 0 bridgehead atoms. The zero-order valence-corrected chi connectivity index (χ0v) is 18.2. The van der Waals surface area contributed by atoms with Crippen LogP contribution in [-0.4, -0.2) is 28.0 Å². The van der Waals surface area contributed by atoms with Crippen molar-refractivity contribution in [3.05, 3.63) is 59.3 Å². The van der Waals surface area contributed by atoms with Gasteiger partial charge in [0.1, 0.15) is 30.2 Å². The first-order chi connectivity index (χ1) is 14.5. The number of benzene rings is 1. The minimum absolute atomic E-state index is 0.00596. The second-order valence-corrected chi connectivity index (χ2v) is 8.06. The molecule has 0 amide bonds. The maximum Gasteiger partial charge on any atom is 0.163 e. The number of nitrogen functional groups attached to an aromatic ring is 1. The van der Waals surface area contributed by atoms with Crippen molar-refractivity contribution >= 4 is 44.3 Å². The van der Waals surface area contributed by atoms with Gasteiger partial charge in [-0.05, 0) is 66.2 Å². The number of fused-ring (bicyclic) bond motifs is 1. The van der Waals surface area contributed by atoms with Crippen LogP contribution in [0.2, 0.25) is 0 Å². The summed E-state index contributed by atoms with van der Waals surface area (Å²) in [5, 5.41) is 4.04. The Kier molecular flexibility index (Phi) is 5.78. The molecular weight excluding hydrogens is 448 g/mol. The number of ketones is 1. The smallest absolute Gasteiger partial charge is 0.163 e. The lowest BCUT2D eigenvalue weighted by Crippen LogP contribution is -2.19. The van der Waals surface area contributed by atoms with Gasteiger partial charge >= 0.3 is 0 Å². The Balaban J connectivity index is 1.42. The van der Waals surface area contributed by atoms with Crippen LogP contribution in [0.15, 0.2) is 53.8 Å². The molecule has 8 heteroatoms. The van der Waals surface area contributed by atoms with Gasteiger partial charge in [0.25, 0.3) is 0 Å². The van der Waals surface area contributed by atoms with E-state index in [1.165, 1.54) is 0 Å². The van der Waals surface area contributed by atoms with Gasteiger partial charge in [-0.1, -0.05) is 6.58 Å². The molecule has 30 heavy (non-hydrogen) atoms. The van der Waals surface area contributed by atoms with Crippen LogP contribution < -0.4 is 15.8 Å². The normalized spacial score (nSPS) is 18.5. The summed E-state index contributed by atoms with van der Waals surface area (Å²) < 4.78 is 14.9. The van der Waals surface area contributed by atoms with Gasteiger partial charge in [0.05, 0.1) is 21.7 Å². The van der Waals surface area contributed by atoms with Gasteiger partial charge in [-0.2, -0.15) is 0 Å². The van der Waals surface area contributed by atoms with Gasteiger partial charge < -0.3 is 25.1 Å². The van der Waals surface area contributed by atoms with E-state index in [0.717, 1.165) is 34.0 Å². The largest absolute Gasteiger partial charge is 0.491 e. The summed E-state index contributed by atoms with van der Waals surface area (Å²) in [6.45, 7) is 5.68. The Morgan fingerprint density at radius 3 is 3.03 bits per heavy atom. The van der Waals surface area contributed by atoms with Crippen LogP contribution in [0.1, 0.15) is 36.4 Å². The van der Waals surface area contributed by atoms with E-state index in [2.05, 4.69) is 32.8 Å². The van der Waals surface area contributed by atoms with Crippen molar-refractivity contribution in [2.24, 2.45) is 0 Å². The molecule has 3 heterocycles. The first-order valence-corrected chi connectivity index (χ1v) is 10.5. The van der Waals surface area contributed by atoms with E-state index in [-0.39, 0.29) is 18.1 Å². The Morgan fingerprint density at radius 2 is 2.27 bits per heavy atom. The first-order valence-electron chi connectivity index (χ1n) is 9.69. The number of aromatic nitrogens is 2. The third-order valence-corrected chi connectivity index (χ3v) is 5.77. The Morgan fingerprint density at radius 1 is 1.43 bits per heavy atom. The molecule has 3 aromatic rings. The van der Waals surface area contributed by atoms with E-state index in [9.17, 15) is 4.79 Å². The van der Waals surface area contributed by atoms with Crippen LogP contribution >= 0.6 is 15.9 Å². The van der Waals surface area contributed by atoms with Gasteiger partial charge in [0.2, 0.25) is 0 Å². The fourth-order valence-electron chi connectivity index (χ4n) is 3.65. The molecule has 2 aromatic heterocycles. The summed E-state index contributed by atoms with van der Waals surface area (Å²) in [7, 11) is 0. The van der Waals surface area contributed by atoms with Crippen LogP contribution in [0.4, 0.5) is 11.6 Å². The molecule has 0 saturated carbocycles. The summed E-state index contributed by atoms with van der Waals surface area (Å²) in [6.07, 6.45) is 4.91.